The maximum absolute atomic E-state index is 13.4. The molecule has 0 aromatic heterocycles. The molecule has 2 bridgehead atoms. The van der Waals surface area contributed by atoms with Gasteiger partial charge in [0.25, 0.3) is 5.91 Å². The quantitative estimate of drug-likeness (QED) is 0.326. The number of anilines is 1. The van der Waals surface area contributed by atoms with Gasteiger partial charge in [-0.15, -0.1) is 0 Å². The van der Waals surface area contributed by atoms with Crippen LogP contribution in [-0.2, 0) is 21.5 Å². The lowest BCUT2D eigenvalue weighted by Crippen LogP contribution is -2.48. The molecule has 8 heteroatoms. The SMILES string of the molecule is C=S1(=O)NC(=O)c2ccc3c(c2)N(C[C@@H]2CC[C@H]2C/C=C/C[C@@H](O)[C@@H]1C)C[C@@]1(CCCc2cc(Cl)ccc21)CO3. The number of carbonyl (C=O) groups excluding carboxylic acids is 1. The molecular formula is C32H39ClN2O4S. The molecule has 1 fully saturated rings. The minimum atomic E-state index is -3.08. The third-order valence-corrected chi connectivity index (χ3v) is 12.0. The van der Waals surface area contributed by atoms with E-state index in [1.807, 2.05) is 24.3 Å². The number of aliphatic hydroxyl groups is 1. The van der Waals surface area contributed by atoms with Gasteiger partial charge in [-0.1, -0.05) is 29.8 Å². The van der Waals surface area contributed by atoms with Crippen LogP contribution in [0.3, 0.4) is 0 Å². The van der Waals surface area contributed by atoms with Crippen molar-refractivity contribution in [3.05, 3.63) is 70.3 Å². The molecule has 4 aliphatic rings. The number of fused-ring (bicyclic) bond motifs is 4. The summed E-state index contributed by atoms with van der Waals surface area (Å²) < 4.78 is 22.6. The van der Waals surface area contributed by atoms with Crippen molar-refractivity contribution in [2.75, 3.05) is 24.6 Å². The fourth-order valence-corrected chi connectivity index (χ4v) is 8.42. The summed E-state index contributed by atoms with van der Waals surface area (Å²) in [5.74, 6) is 5.23. The molecule has 1 spiro atoms. The van der Waals surface area contributed by atoms with Gasteiger partial charge in [0.15, 0.2) is 0 Å². The molecule has 2 heterocycles. The lowest BCUT2D eigenvalue weighted by atomic mass is 9.69. The highest BCUT2D eigenvalue weighted by molar-refractivity contribution is 7.99. The molecule has 1 amide bonds. The molecule has 2 aromatic rings. The van der Waals surface area contributed by atoms with Crippen molar-refractivity contribution < 1.29 is 18.8 Å². The van der Waals surface area contributed by atoms with Crippen molar-refractivity contribution in [2.45, 2.75) is 68.6 Å². The van der Waals surface area contributed by atoms with Crippen LogP contribution in [0.4, 0.5) is 5.69 Å². The predicted octanol–water partition coefficient (Wildman–Crippen LogP) is 5.30. The summed E-state index contributed by atoms with van der Waals surface area (Å²) in [5.41, 5.74) is 3.76. The van der Waals surface area contributed by atoms with Crippen LogP contribution < -0.4 is 14.4 Å². The molecule has 40 heavy (non-hydrogen) atoms. The number of amides is 1. The van der Waals surface area contributed by atoms with Crippen molar-refractivity contribution in [1.82, 2.24) is 4.72 Å². The van der Waals surface area contributed by atoms with Crippen molar-refractivity contribution >= 4 is 38.8 Å². The van der Waals surface area contributed by atoms with Gasteiger partial charge < -0.3 is 14.7 Å². The molecule has 1 saturated carbocycles. The number of nitrogens with one attached hydrogen (secondary N) is 1. The minimum Gasteiger partial charge on any atom is -0.490 e. The Hall–Kier alpha value is -2.48. The Morgan fingerprint density at radius 1 is 1.15 bits per heavy atom. The molecule has 6 atom stereocenters. The van der Waals surface area contributed by atoms with Gasteiger partial charge in [-0.3, -0.25) is 9.52 Å². The number of carbonyl (C=O) groups is 1. The zero-order valence-electron chi connectivity index (χ0n) is 23.1. The molecule has 1 unspecified atom stereocenters. The zero-order valence-corrected chi connectivity index (χ0v) is 24.7. The molecule has 6 nitrogen and oxygen atoms in total. The van der Waals surface area contributed by atoms with E-state index in [-0.39, 0.29) is 5.41 Å². The Bertz CT molecular complexity index is 1440. The average molecular weight is 583 g/mol. The molecule has 214 valence electrons. The monoisotopic (exact) mass is 582 g/mol. The van der Waals surface area contributed by atoms with Crippen LogP contribution >= 0.6 is 11.6 Å². The number of hydrogen-bond acceptors (Lipinski definition) is 5. The van der Waals surface area contributed by atoms with Crippen molar-refractivity contribution in [3.63, 3.8) is 0 Å². The van der Waals surface area contributed by atoms with Gasteiger partial charge in [-0.2, -0.15) is 0 Å². The van der Waals surface area contributed by atoms with Gasteiger partial charge in [0.05, 0.1) is 33.4 Å². The number of hydrogen-bond donors (Lipinski definition) is 2. The Labute approximate surface area is 242 Å². The van der Waals surface area contributed by atoms with Crippen molar-refractivity contribution in [3.8, 4) is 5.75 Å². The summed E-state index contributed by atoms with van der Waals surface area (Å²) in [6, 6.07) is 11.8. The fourth-order valence-electron chi connectivity index (χ4n) is 6.99. The molecular weight excluding hydrogens is 544 g/mol. The second kappa shape index (κ2) is 10.7. The topological polar surface area (TPSA) is 78.9 Å². The number of aliphatic hydroxyl groups excluding tert-OH is 1. The van der Waals surface area contributed by atoms with E-state index in [4.69, 9.17) is 16.3 Å². The first-order valence-electron chi connectivity index (χ1n) is 14.5. The second-order valence-corrected chi connectivity index (χ2v) is 15.1. The van der Waals surface area contributed by atoms with Crippen LogP contribution in [0.2, 0.25) is 5.02 Å². The van der Waals surface area contributed by atoms with Crippen LogP contribution in [0.25, 0.3) is 0 Å². The Balaban J connectivity index is 1.41. The molecule has 2 N–H and O–H groups in total. The fraction of sp³-hybridized carbons (Fsp3) is 0.500. The van der Waals surface area contributed by atoms with E-state index < -0.39 is 27.0 Å². The van der Waals surface area contributed by atoms with Gasteiger partial charge in [-0.25, -0.2) is 4.21 Å². The third kappa shape index (κ3) is 5.17. The van der Waals surface area contributed by atoms with Crippen LogP contribution in [0.5, 0.6) is 5.75 Å². The maximum atomic E-state index is 13.4. The summed E-state index contributed by atoms with van der Waals surface area (Å²) in [5, 5.41) is 10.8. The number of halogens is 1. The van der Waals surface area contributed by atoms with Gasteiger partial charge in [0.2, 0.25) is 0 Å². The van der Waals surface area contributed by atoms with E-state index in [0.29, 0.717) is 30.4 Å². The van der Waals surface area contributed by atoms with Gasteiger partial charge in [0, 0.05) is 29.1 Å². The first-order chi connectivity index (χ1) is 19.1. The second-order valence-electron chi connectivity index (χ2n) is 12.3. The van der Waals surface area contributed by atoms with Crippen LogP contribution in [-0.4, -0.2) is 52.1 Å². The highest BCUT2D eigenvalue weighted by atomic mass is 35.5. The first-order valence-corrected chi connectivity index (χ1v) is 16.6. The van der Waals surface area contributed by atoms with E-state index in [9.17, 15) is 14.1 Å². The smallest absolute Gasteiger partial charge is 0.262 e. The Morgan fingerprint density at radius 3 is 2.75 bits per heavy atom. The van der Waals surface area contributed by atoms with Crippen LogP contribution in [0.1, 0.15) is 66.9 Å². The molecule has 0 radical (unpaired) electrons. The summed E-state index contributed by atoms with van der Waals surface area (Å²) in [4.78, 5) is 15.8. The van der Waals surface area contributed by atoms with E-state index >= 15 is 0 Å². The molecule has 2 aromatic carbocycles. The van der Waals surface area contributed by atoms with Crippen molar-refractivity contribution in [1.29, 1.82) is 0 Å². The van der Waals surface area contributed by atoms with Gasteiger partial charge in [-0.05, 0) is 111 Å². The Morgan fingerprint density at radius 2 is 1.95 bits per heavy atom. The van der Waals surface area contributed by atoms with E-state index in [1.54, 1.807) is 13.0 Å². The molecule has 0 saturated heterocycles. The van der Waals surface area contributed by atoms with E-state index in [2.05, 4.69) is 33.7 Å². The molecule has 2 aliphatic carbocycles. The highest BCUT2D eigenvalue weighted by Crippen LogP contribution is 2.46. The minimum absolute atomic E-state index is 0.174. The lowest BCUT2D eigenvalue weighted by molar-refractivity contribution is 0.0981. The summed E-state index contributed by atoms with van der Waals surface area (Å²) in [6.07, 6.45) is 10.1. The normalized spacial score (nSPS) is 34.9. The predicted molar refractivity (Wildman–Crippen MR) is 163 cm³/mol. The lowest BCUT2D eigenvalue weighted by Gasteiger charge is -2.44. The van der Waals surface area contributed by atoms with Gasteiger partial charge >= 0.3 is 0 Å². The maximum Gasteiger partial charge on any atom is 0.262 e. The summed E-state index contributed by atoms with van der Waals surface area (Å²) in [6.45, 7) is 3.93. The van der Waals surface area contributed by atoms with Crippen LogP contribution in [0.15, 0.2) is 48.6 Å². The van der Waals surface area contributed by atoms with Crippen LogP contribution in [0, 0.1) is 11.8 Å². The van der Waals surface area contributed by atoms with Gasteiger partial charge in [0.1, 0.15) is 5.75 Å². The molecule has 2 aliphatic heterocycles. The highest BCUT2D eigenvalue weighted by Gasteiger charge is 2.43. The number of rotatable bonds is 0. The molecule has 6 rings (SSSR count). The number of nitrogens with zero attached hydrogens (tertiary/aromatic N) is 1. The number of ether oxygens (including phenoxy) is 1. The summed E-state index contributed by atoms with van der Waals surface area (Å²) in [7, 11) is -3.08. The number of aryl methyl sites for hydroxylation is 1. The largest absolute Gasteiger partial charge is 0.490 e. The van der Waals surface area contributed by atoms with E-state index in [0.717, 1.165) is 55.2 Å². The number of benzene rings is 2. The third-order valence-electron chi connectivity index (χ3n) is 9.72. The number of allylic oxidation sites excluding steroid dienone is 1. The van der Waals surface area contributed by atoms with Crippen molar-refractivity contribution in [2.24, 2.45) is 11.8 Å². The average Bonchev–Trinajstić information content (AvgIpc) is 3.06. The zero-order chi connectivity index (χ0) is 28.1. The first kappa shape index (κ1) is 27.7. The Kier molecular flexibility index (Phi) is 7.43. The standard InChI is InChI=1S/C32H39ClN2O4S/c1-21-29(36)8-4-3-6-22-9-10-25(22)18-35-19-32(15-5-7-23-16-26(33)12-13-27(23)32)20-39-30-14-11-24(17-28(30)35)31(37)34-40(21,2)38/h3-4,11-14,16-17,21-22,25,29,36H,2,5-10,15,18-20H2,1H3,(H,34,37,38)/b4-3+/t21-,22+,25-,29+,32-,40?/m0/s1. The summed E-state index contributed by atoms with van der Waals surface area (Å²) >= 11 is 6.39. The van der Waals surface area contributed by atoms with E-state index in [1.165, 1.54) is 24.0 Å².